The number of ether oxygens (including phenoxy) is 2. The molecule has 12 heteroatoms. The monoisotopic (exact) mass is 723 g/mol. The molecule has 0 spiro atoms. The van der Waals surface area contributed by atoms with E-state index in [1.807, 2.05) is 54.6 Å². The highest BCUT2D eigenvalue weighted by molar-refractivity contribution is 8.00. The van der Waals surface area contributed by atoms with Gasteiger partial charge >= 0.3 is 4.87 Å². The quantitative estimate of drug-likeness (QED) is 0.175. The lowest BCUT2D eigenvalue weighted by molar-refractivity contribution is -0.123. The maximum absolute atomic E-state index is 14.0. The highest BCUT2D eigenvalue weighted by Crippen LogP contribution is 2.68. The molecule has 0 radical (unpaired) electrons. The van der Waals surface area contributed by atoms with Crippen LogP contribution in [0.3, 0.4) is 0 Å². The molecule has 1 aromatic heterocycles. The van der Waals surface area contributed by atoms with Crippen LogP contribution in [0, 0.1) is 29.6 Å². The van der Waals surface area contributed by atoms with E-state index in [9.17, 15) is 19.2 Å². The fourth-order valence-electron chi connectivity index (χ4n) is 8.90. The number of nitrogens with zero attached hydrogens (tertiary/aromatic N) is 1. The van der Waals surface area contributed by atoms with Crippen LogP contribution in [0.15, 0.2) is 94.7 Å². The average molecular weight is 724 g/mol. The second-order valence-corrected chi connectivity index (χ2v) is 15.9. The second kappa shape index (κ2) is 12.0. The first-order valence-electron chi connectivity index (χ1n) is 16.4. The van der Waals surface area contributed by atoms with Crippen LogP contribution in [0.2, 0.25) is 5.02 Å². The molecule has 252 valence electrons. The van der Waals surface area contributed by atoms with Gasteiger partial charge in [0.15, 0.2) is 18.1 Å². The zero-order valence-corrected chi connectivity index (χ0v) is 29.0. The number of thioether (sulfide) groups is 1. The number of methoxy groups -OCH3 is 1. The van der Waals surface area contributed by atoms with Crippen molar-refractivity contribution < 1.29 is 23.9 Å². The van der Waals surface area contributed by atoms with Crippen molar-refractivity contribution in [2.24, 2.45) is 29.6 Å². The molecule has 9 nitrogen and oxygen atoms in total. The molecule has 2 bridgehead atoms. The van der Waals surface area contributed by atoms with E-state index in [0.717, 1.165) is 32.7 Å². The summed E-state index contributed by atoms with van der Waals surface area (Å²) in [6.07, 6.45) is 0.781. The van der Waals surface area contributed by atoms with Crippen molar-refractivity contribution in [1.29, 1.82) is 0 Å². The highest BCUT2D eigenvalue weighted by Gasteiger charge is 2.69. The fraction of sp³-hybridized carbons (Fsp3) is 0.263. The molecule has 7 atom stereocenters. The number of benzene rings is 4. The highest BCUT2D eigenvalue weighted by atomic mass is 35.5. The van der Waals surface area contributed by atoms with E-state index in [-0.39, 0.29) is 58.1 Å². The van der Waals surface area contributed by atoms with Crippen LogP contribution in [-0.2, 0) is 14.4 Å². The number of nitrogens with one attached hydrogen (secondary N) is 2. The third-order valence-electron chi connectivity index (χ3n) is 10.8. The van der Waals surface area contributed by atoms with Crippen molar-refractivity contribution in [3.05, 3.63) is 110 Å². The van der Waals surface area contributed by atoms with Gasteiger partial charge in [0.1, 0.15) is 0 Å². The lowest BCUT2D eigenvalue weighted by Crippen LogP contribution is -2.42. The van der Waals surface area contributed by atoms with E-state index in [4.69, 9.17) is 21.1 Å². The van der Waals surface area contributed by atoms with Gasteiger partial charge in [-0.05, 0) is 77.6 Å². The summed E-state index contributed by atoms with van der Waals surface area (Å²) in [6, 6.07) is 26.1. The molecule has 9 rings (SSSR count). The van der Waals surface area contributed by atoms with E-state index in [0.29, 0.717) is 27.9 Å². The number of amides is 3. The van der Waals surface area contributed by atoms with Crippen LogP contribution in [-0.4, -0.2) is 41.7 Å². The van der Waals surface area contributed by atoms with Gasteiger partial charge in [0, 0.05) is 32.1 Å². The summed E-state index contributed by atoms with van der Waals surface area (Å²) >= 11 is 8.94. The minimum absolute atomic E-state index is 0.00227. The van der Waals surface area contributed by atoms with Gasteiger partial charge in [-0.2, -0.15) is 0 Å². The normalized spacial score (nSPS) is 26.1. The number of hydrogen-bond acceptors (Lipinski definition) is 8. The van der Waals surface area contributed by atoms with Gasteiger partial charge in [-0.3, -0.25) is 24.1 Å². The van der Waals surface area contributed by atoms with Gasteiger partial charge in [0.05, 0.1) is 29.7 Å². The Morgan fingerprint density at radius 2 is 1.70 bits per heavy atom. The molecule has 5 aromatic rings. The number of aromatic nitrogens is 1. The molecule has 3 heterocycles. The summed E-state index contributed by atoms with van der Waals surface area (Å²) < 4.78 is 11.8. The smallest absolute Gasteiger partial charge is 0.305 e. The predicted molar refractivity (Wildman–Crippen MR) is 194 cm³/mol. The summed E-state index contributed by atoms with van der Waals surface area (Å²) in [5, 5.41) is 6.32. The number of anilines is 2. The number of carbonyl (C=O) groups excluding carboxylic acids is 3. The van der Waals surface area contributed by atoms with Crippen LogP contribution in [0.1, 0.15) is 22.8 Å². The molecule has 4 aromatic carbocycles. The molecule has 3 fully saturated rings. The van der Waals surface area contributed by atoms with Crippen molar-refractivity contribution >= 4 is 74.6 Å². The number of carbonyl (C=O) groups is 3. The summed E-state index contributed by atoms with van der Waals surface area (Å²) in [4.78, 5) is 58.8. The van der Waals surface area contributed by atoms with Crippen molar-refractivity contribution in [2.75, 3.05) is 23.9 Å². The third kappa shape index (κ3) is 4.89. The van der Waals surface area contributed by atoms with Crippen LogP contribution in [0.5, 0.6) is 11.5 Å². The van der Waals surface area contributed by atoms with Crippen LogP contribution in [0.4, 0.5) is 11.4 Å². The lowest BCUT2D eigenvalue weighted by Gasteiger charge is -2.43. The molecule has 1 saturated heterocycles. The Labute approximate surface area is 299 Å². The number of aromatic amines is 1. The van der Waals surface area contributed by atoms with Crippen molar-refractivity contribution in [1.82, 2.24) is 4.98 Å². The Hall–Kier alpha value is -4.58. The second-order valence-electron chi connectivity index (χ2n) is 13.2. The van der Waals surface area contributed by atoms with E-state index in [2.05, 4.69) is 10.3 Å². The molecule has 2 saturated carbocycles. The van der Waals surface area contributed by atoms with Gasteiger partial charge in [-0.1, -0.05) is 65.4 Å². The summed E-state index contributed by atoms with van der Waals surface area (Å²) in [5.41, 5.74) is 2.17. The molecule has 2 N–H and O–H groups in total. The Morgan fingerprint density at radius 1 is 0.940 bits per heavy atom. The van der Waals surface area contributed by atoms with Gasteiger partial charge < -0.3 is 19.8 Å². The summed E-state index contributed by atoms with van der Waals surface area (Å²) in [6.45, 7) is -0.222. The lowest BCUT2D eigenvalue weighted by atomic mass is 9.68. The van der Waals surface area contributed by atoms with Crippen molar-refractivity contribution in [3.8, 4) is 11.5 Å². The zero-order chi connectivity index (χ0) is 34.3. The standard InChI is InChI=1S/C38H30ClN3O6S2/c1-47-27-15-19(9-14-26(27)48-17-28(43)40-25-8-4-6-18-5-2-3-7-22(18)25)29-30-23-16-24(33(30)49-35-34(29)50-38(46)41-35)32-31(23)36(44)42(37(32)45)21-12-10-20(39)11-13-21/h2-15,23-24,29-33H,16-17H2,1H3,(H,40,43)(H,41,46)/t23?,24?,29-,30?,31?,32?,33?/m1/s1. The Bertz CT molecular complexity index is 2270. The largest absolute Gasteiger partial charge is 0.493 e. The fourth-order valence-corrected chi connectivity index (χ4v) is 11.9. The Balaban J connectivity index is 1.00. The third-order valence-corrected chi connectivity index (χ3v) is 13.6. The average Bonchev–Trinajstić information content (AvgIpc) is 3.86. The minimum Gasteiger partial charge on any atom is -0.493 e. The van der Waals surface area contributed by atoms with Crippen LogP contribution >= 0.6 is 34.7 Å². The number of H-pyrrole nitrogens is 1. The van der Waals surface area contributed by atoms with Gasteiger partial charge in [-0.15, -0.1) is 11.8 Å². The molecule has 2 aliphatic heterocycles. The molecule has 6 unspecified atom stereocenters. The first-order valence-corrected chi connectivity index (χ1v) is 18.5. The zero-order valence-electron chi connectivity index (χ0n) is 26.6. The molecule has 4 aliphatic rings. The van der Waals surface area contributed by atoms with Gasteiger partial charge in [0.25, 0.3) is 5.91 Å². The first-order chi connectivity index (χ1) is 24.3. The van der Waals surface area contributed by atoms with E-state index >= 15 is 0 Å². The predicted octanol–water partition coefficient (Wildman–Crippen LogP) is 6.95. The van der Waals surface area contributed by atoms with Gasteiger partial charge in [0.2, 0.25) is 11.8 Å². The van der Waals surface area contributed by atoms with E-state index in [1.54, 1.807) is 49.2 Å². The molecular weight excluding hydrogens is 694 g/mol. The molecule has 50 heavy (non-hydrogen) atoms. The molecular formula is C38H30ClN3O6S2. The number of rotatable bonds is 7. The SMILES string of the molecule is COc1cc([C@H]2c3sc(=O)[nH]c3SC3C4CC(C5C(=O)N(c6ccc(Cl)cc6)C(=O)C45)C32)ccc1OCC(=O)Nc1cccc2ccccc12. The number of thiazole rings is 1. The van der Waals surface area contributed by atoms with Crippen molar-refractivity contribution in [2.45, 2.75) is 22.6 Å². The van der Waals surface area contributed by atoms with E-state index < -0.39 is 11.8 Å². The molecule has 2 aliphatic carbocycles. The maximum Gasteiger partial charge on any atom is 0.305 e. The number of imide groups is 1. The van der Waals surface area contributed by atoms with Gasteiger partial charge in [-0.25, -0.2) is 0 Å². The number of fused-ring (bicyclic) bond motifs is 10. The Kier molecular flexibility index (Phi) is 7.56. The molecule has 3 amide bonds. The summed E-state index contributed by atoms with van der Waals surface area (Å²) in [7, 11) is 1.55. The number of halogens is 1. The maximum atomic E-state index is 14.0. The number of hydrogen-bond donors (Lipinski definition) is 2. The minimum atomic E-state index is -0.422. The summed E-state index contributed by atoms with van der Waals surface area (Å²) in [5.74, 6) is -0.764. The first kappa shape index (κ1) is 31.4. The van der Waals surface area contributed by atoms with Crippen LogP contribution < -0.4 is 24.6 Å². The van der Waals surface area contributed by atoms with Crippen LogP contribution in [0.25, 0.3) is 10.8 Å². The Morgan fingerprint density at radius 3 is 2.50 bits per heavy atom. The van der Waals surface area contributed by atoms with E-state index in [1.165, 1.54) is 16.2 Å². The van der Waals surface area contributed by atoms with Crippen molar-refractivity contribution in [3.63, 3.8) is 0 Å². The topological polar surface area (TPSA) is 118 Å².